The minimum atomic E-state index is -3.83. The van der Waals surface area contributed by atoms with Crippen molar-refractivity contribution in [1.29, 1.82) is 0 Å². The van der Waals surface area contributed by atoms with Crippen molar-refractivity contribution in [2.45, 2.75) is 11.8 Å². The Morgan fingerprint density at radius 3 is 2.30 bits per heavy atom. The zero-order valence-corrected chi connectivity index (χ0v) is 15.2. The number of hydrogen-bond acceptors (Lipinski definition) is 6. The second kappa shape index (κ2) is 7.90. The van der Waals surface area contributed by atoms with E-state index < -0.39 is 21.9 Å². The maximum Gasteiger partial charge on any atom is 0.303 e. The summed E-state index contributed by atoms with van der Waals surface area (Å²) in [5.74, 6) is 4.21. The van der Waals surface area contributed by atoms with Crippen molar-refractivity contribution >= 4 is 27.6 Å². The summed E-state index contributed by atoms with van der Waals surface area (Å²) in [5.41, 5.74) is 13.0. The molecular weight excluding hydrogens is 370 g/mol. The number of rotatable bonds is 4. The van der Waals surface area contributed by atoms with Crippen LogP contribution >= 0.6 is 0 Å². The molecule has 140 valence electrons. The van der Waals surface area contributed by atoms with Crippen molar-refractivity contribution in [3.8, 4) is 23.0 Å². The lowest BCUT2D eigenvalue weighted by Gasteiger charge is -2.11. The Hall–Kier alpha value is -3.35. The second-order valence-corrected chi connectivity index (χ2v) is 7.06. The molecule has 0 radical (unpaired) electrons. The lowest BCUT2D eigenvalue weighted by atomic mass is 9.97. The van der Waals surface area contributed by atoms with Gasteiger partial charge in [-0.05, 0) is 29.8 Å². The molecule has 0 saturated heterocycles. The van der Waals surface area contributed by atoms with Gasteiger partial charge in [0.05, 0.1) is 16.1 Å². The molecule has 0 fully saturated rings. The van der Waals surface area contributed by atoms with Crippen LogP contribution in [0.4, 0.5) is 5.69 Å². The average Bonchev–Trinajstić information content (AvgIpc) is 2.58. The summed E-state index contributed by atoms with van der Waals surface area (Å²) in [4.78, 5) is 22.4. The molecule has 0 saturated carbocycles. The van der Waals surface area contributed by atoms with Crippen molar-refractivity contribution in [1.82, 2.24) is 0 Å². The molecule has 1 amide bonds. The summed E-state index contributed by atoms with van der Waals surface area (Å²) in [7, 11) is -3.83. The average molecular weight is 387 g/mol. The first-order chi connectivity index (χ1) is 12.6. The third-order valence-electron chi connectivity index (χ3n) is 3.52. The number of carbonyl (C=O) groups excluding carboxylic acids is 2. The van der Waals surface area contributed by atoms with Crippen LogP contribution in [0.15, 0.2) is 41.3 Å². The van der Waals surface area contributed by atoms with Gasteiger partial charge in [0, 0.05) is 18.1 Å². The molecule has 0 bridgehead atoms. The van der Waals surface area contributed by atoms with Crippen molar-refractivity contribution in [2.24, 2.45) is 10.9 Å². The van der Waals surface area contributed by atoms with E-state index in [1.807, 2.05) is 0 Å². The summed E-state index contributed by atoms with van der Waals surface area (Å²) in [6.45, 7) is 1.16. The van der Waals surface area contributed by atoms with Crippen molar-refractivity contribution in [2.75, 3.05) is 12.3 Å². The van der Waals surface area contributed by atoms with E-state index in [1.54, 1.807) is 6.07 Å². The number of sulfonamides is 1. The third-order valence-corrected chi connectivity index (χ3v) is 4.45. The molecule has 0 unspecified atom stereocenters. The van der Waals surface area contributed by atoms with Crippen LogP contribution in [0.5, 0.6) is 0 Å². The highest BCUT2D eigenvalue weighted by Gasteiger charge is 2.14. The summed E-state index contributed by atoms with van der Waals surface area (Å²) in [5, 5.41) is 5.08. The SMILES string of the molecule is CC(=O)OCC#Cc1cc(C(N)=O)c(N)c(-c2ccc(S(N)(=O)=O)cc2)c1. The van der Waals surface area contributed by atoms with E-state index in [0.717, 1.165) is 0 Å². The number of carbonyl (C=O) groups is 2. The molecule has 27 heavy (non-hydrogen) atoms. The molecular formula is C18H17N3O5S. The molecule has 2 rings (SSSR count). The first-order valence-electron chi connectivity index (χ1n) is 7.58. The van der Waals surface area contributed by atoms with Crippen LogP contribution < -0.4 is 16.6 Å². The topological polar surface area (TPSA) is 156 Å². The molecule has 2 aromatic carbocycles. The summed E-state index contributed by atoms with van der Waals surface area (Å²) in [6.07, 6.45) is 0. The Kier molecular flexibility index (Phi) is 5.85. The number of ether oxygens (including phenoxy) is 1. The van der Waals surface area contributed by atoms with Gasteiger partial charge >= 0.3 is 5.97 Å². The van der Waals surface area contributed by atoms with E-state index in [1.165, 1.54) is 37.3 Å². The molecule has 0 aliphatic rings. The van der Waals surface area contributed by atoms with Crippen LogP contribution in [0.1, 0.15) is 22.8 Å². The molecule has 8 nitrogen and oxygen atoms in total. The highest BCUT2D eigenvalue weighted by molar-refractivity contribution is 7.89. The Balaban J connectivity index is 2.51. The number of anilines is 1. The van der Waals surface area contributed by atoms with Crippen molar-refractivity contribution < 1.29 is 22.7 Å². The smallest absolute Gasteiger partial charge is 0.303 e. The molecule has 0 heterocycles. The Labute approximate surface area is 156 Å². The van der Waals surface area contributed by atoms with Crippen LogP contribution in [0.2, 0.25) is 0 Å². The molecule has 0 spiro atoms. The lowest BCUT2D eigenvalue weighted by molar-refractivity contribution is -0.139. The van der Waals surface area contributed by atoms with Crippen LogP contribution in [-0.2, 0) is 19.6 Å². The fourth-order valence-corrected chi connectivity index (χ4v) is 2.78. The number of benzene rings is 2. The number of nitrogens with two attached hydrogens (primary N) is 3. The van der Waals surface area contributed by atoms with E-state index in [0.29, 0.717) is 16.7 Å². The van der Waals surface area contributed by atoms with Gasteiger partial charge < -0.3 is 16.2 Å². The third kappa shape index (κ3) is 5.07. The molecule has 0 aromatic heterocycles. The Morgan fingerprint density at radius 2 is 1.78 bits per heavy atom. The van der Waals surface area contributed by atoms with Gasteiger partial charge in [-0.1, -0.05) is 24.0 Å². The van der Waals surface area contributed by atoms with Gasteiger partial charge in [0.15, 0.2) is 6.61 Å². The van der Waals surface area contributed by atoms with Crippen LogP contribution in [0.3, 0.4) is 0 Å². The molecule has 0 atom stereocenters. The highest BCUT2D eigenvalue weighted by atomic mass is 32.2. The maximum atomic E-state index is 11.7. The lowest BCUT2D eigenvalue weighted by Crippen LogP contribution is -2.14. The minimum Gasteiger partial charge on any atom is -0.453 e. The predicted octanol–water partition coefficient (Wildman–Crippen LogP) is 0.597. The molecule has 2 aromatic rings. The van der Waals surface area contributed by atoms with Crippen LogP contribution in [0, 0.1) is 11.8 Å². The zero-order chi connectivity index (χ0) is 20.2. The van der Waals surface area contributed by atoms with Gasteiger partial charge in [0.2, 0.25) is 10.0 Å². The van der Waals surface area contributed by atoms with Crippen LogP contribution in [0.25, 0.3) is 11.1 Å². The largest absolute Gasteiger partial charge is 0.453 e. The second-order valence-electron chi connectivity index (χ2n) is 5.50. The van der Waals surface area contributed by atoms with Crippen molar-refractivity contribution in [3.63, 3.8) is 0 Å². The normalized spacial score (nSPS) is 10.6. The van der Waals surface area contributed by atoms with E-state index in [-0.39, 0.29) is 22.8 Å². The predicted molar refractivity (Wildman–Crippen MR) is 99.7 cm³/mol. The standard InChI is InChI=1S/C18H17N3O5S/c1-11(22)26-8-2-3-12-9-15(17(19)16(10-12)18(20)23)13-4-6-14(7-5-13)27(21,24)25/h4-7,9-10H,8,19H2,1H3,(H2,20,23)(H2,21,24,25). The monoisotopic (exact) mass is 387 g/mol. The van der Waals surface area contributed by atoms with Gasteiger partial charge in [-0.2, -0.15) is 0 Å². The highest BCUT2D eigenvalue weighted by Crippen LogP contribution is 2.30. The maximum absolute atomic E-state index is 11.7. The van der Waals surface area contributed by atoms with Crippen molar-refractivity contribution in [3.05, 3.63) is 47.5 Å². The van der Waals surface area contributed by atoms with Gasteiger partial charge in [-0.25, -0.2) is 13.6 Å². The molecule has 0 aliphatic carbocycles. The van der Waals surface area contributed by atoms with Gasteiger partial charge in [0.1, 0.15) is 0 Å². The van der Waals surface area contributed by atoms with E-state index in [9.17, 15) is 18.0 Å². The Morgan fingerprint density at radius 1 is 1.15 bits per heavy atom. The van der Waals surface area contributed by atoms with E-state index >= 15 is 0 Å². The fourth-order valence-electron chi connectivity index (χ4n) is 2.27. The number of esters is 1. The first-order valence-corrected chi connectivity index (χ1v) is 9.13. The number of hydrogen-bond donors (Lipinski definition) is 3. The van der Waals surface area contributed by atoms with E-state index in [2.05, 4.69) is 11.8 Å². The van der Waals surface area contributed by atoms with E-state index in [4.69, 9.17) is 21.3 Å². The molecule has 6 N–H and O–H groups in total. The minimum absolute atomic E-state index is 0.0581. The summed E-state index contributed by atoms with van der Waals surface area (Å²) < 4.78 is 27.5. The fraction of sp³-hybridized carbons (Fsp3) is 0.111. The van der Waals surface area contributed by atoms with Crippen LogP contribution in [-0.4, -0.2) is 26.9 Å². The molecule has 9 heteroatoms. The van der Waals surface area contributed by atoms with Gasteiger partial charge in [-0.15, -0.1) is 0 Å². The van der Waals surface area contributed by atoms with Gasteiger partial charge in [0.25, 0.3) is 5.91 Å². The summed E-state index contributed by atoms with van der Waals surface area (Å²) >= 11 is 0. The number of amides is 1. The summed E-state index contributed by atoms with van der Waals surface area (Å²) in [6, 6.07) is 8.72. The Bertz CT molecular complexity index is 1060. The quantitative estimate of drug-likeness (QED) is 0.396. The number of nitrogen functional groups attached to an aromatic ring is 1. The molecule has 0 aliphatic heterocycles. The van der Waals surface area contributed by atoms with Gasteiger partial charge in [-0.3, -0.25) is 9.59 Å². The number of primary amides is 1. The zero-order valence-electron chi connectivity index (χ0n) is 14.4. The number of primary sulfonamides is 1. The first kappa shape index (κ1) is 20.0.